The molecule has 2 heterocycles. The summed E-state index contributed by atoms with van der Waals surface area (Å²) >= 11 is 0. The van der Waals surface area contributed by atoms with Gasteiger partial charge in [-0.1, -0.05) is 35.9 Å². The first-order valence-corrected chi connectivity index (χ1v) is 10.4. The monoisotopic (exact) mass is 434 g/mol. The highest BCUT2D eigenvalue weighted by molar-refractivity contribution is 6.12. The van der Waals surface area contributed by atoms with Crippen LogP contribution in [0.2, 0.25) is 0 Å². The van der Waals surface area contributed by atoms with Crippen molar-refractivity contribution in [2.45, 2.75) is 33.3 Å². The number of nitrogens with zero attached hydrogens (tertiary/aromatic N) is 2. The molecular formula is C24H26N4O4. The van der Waals surface area contributed by atoms with Gasteiger partial charge in [-0.25, -0.2) is 10.9 Å². The molecule has 8 nitrogen and oxygen atoms in total. The zero-order valence-electron chi connectivity index (χ0n) is 18.5. The molecule has 2 unspecified atom stereocenters. The summed E-state index contributed by atoms with van der Waals surface area (Å²) in [5, 5.41) is 8.17. The van der Waals surface area contributed by atoms with Crippen molar-refractivity contribution >= 4 is 23.2 Å². The van der Waals surface area contributed by atoms with E-state index in [1.54, 1.807) is 21.0 Å². The fraction of sp³-hybridized carbons (Fsp3) is 0.333. The Kier molecular flexibility index (Phi) is 5.94. The fourth-order valence-corrected chi connectivity index (χ4v) is 4.22. The molecule has 166 valence electrons. The van der Waals surface area contributed by atoms with Crippen LogP contribution in [0.1, 0.15) is 36.5 Å². The summed E-state index contributed by atoms with van der Waals surface area (Å²) in [5.74, 6) is -1.01. The molecule has 0 aliphatic carbocycles. The molecule has 0 radical (unpaired) electrons. The summed E-state index contributed by atoms with van der Waals surface area (Å²) in [6, 6.07) is 13.6. The molecule has 2 aromatic carbocycles. The van der Waals surface area contributed by atoms with Crippen LogP contribution in [-0.4, -0.2) is 30.3 Å². The Bertz CT molecular complexity index is 1070. The third kappa shape index (κ3) is 4.08. The minimum Gasteiger partial charge on any atom is -0.493 e. The molecule has 32 heavy (non-hydrogen) atoms. The maximum atomic E-state index is 12.6. The summed E-state index contributed by atoms with van der Waals surface area (Å²) in [7, 11) is 1.57. The molecule has 0 aromatic heterocycles. The molecule has 4 rings (SSSR count). The second-order valence-electron chi connectivity index (χ2n) is 8.12. The molecule has 0 fully saturated rings. The molecule has 2 N–H and O–H groups in total. The van der Waals surface area contributed by atoms with E-state index < -0.39 is 17.8 Å². The molecule has 2 aromatic rings. The van der Waals surface area contributed by atoms with Gasteiger partial charge in [0.1, 0.15) is 6.61 Å². The van der Waals surface area contributed by atoms with Gasteiger partial charge >= 0.3 is 0 Å². The number of hydrogen-bond donors (Lipinski definition) is 2. The van der Waals surface area contributed by atoms with Crippen molar-refractivity contribution < 1.29 is 19.1 Å². The van der Waals surface area contributed by atoms with Crippen molar-refractivity contribution in [1.82, 2.24) is 10.9 Å². The predicted octanol–water partition coefficient (Wildman–Crippen LogP) is 2.91. The highest BCUT2D eigenvalue weighted by Crippen LogP contribution is 2.41. The average Bonchev–Trinajstić information content (AvgIpc) is 3.30. The first-order valence-electron chi connectivity index (χ1n) is 10.4. The van der Waals surface area contributed by atoms with E-state index in [0.717, 1.165) is 11.1 Å². The standard InChI is InChI=1S/C24H26N4O4/c1-13-5-7-16(8-6-13)12-32-18-10-9-17(11-19(18)31-4)22(20-14(2)25-27-23(20)29)21-15(3)26-28-24(21)30/h5-11,20-22H,12H2,1-4H3,(H,27,29)(H,28,30). The van der Waals surface area contributed by atoms with Crippen LogP contribution in [0.5, 0.6) is 11.5 Å². The van der Waals surface area contributed by atoms with Gasteiger partial charge in [0.15, 0.2) is 11.5 Å². The van der Waals surface area contributed by atoms with Crippen molar-refractivity contribution in [3.8, 4) is 11.5 Å². The van der Waals surface area contributed by atoms with E-state index in [-0.39, 0.29) is 11.8 Å². The maximum absolute atomic E-state index is 12.6. The van der Waals surface area contributed by atoms with Crippen molar-refractivity contribution in [3.63, 3.8) is 0 Å². The number of ether oxygens (including phenoxy) is 2. The number of benzene rings is 2. The van der Waals surface area contributed by atoms with Gasteiger partial charge in [0.2, 0.25) is 11.8 Å². The fourth-order valence-electron chi connectivity index (χ4n) is 4.22. The Morgan fingerprint density at radius 1 is 0.875 bits per heavy atom. The smallest absolute Gasteiger partial charge is 0.249 e. The van der Waals surface area contributed by atoms with Crippen molar-refractivity contribution in [3.05, 3.63) is 59.2 Å². The third-order valence-corrected chi connectivity index (χ3v) is 5.96. The van der Waals surface area contributed by atoms with Crippen LogP contribution >= 0.6 is 0 Å². The van der Waals surface area contributed by atoms with Gasteiger partial charge < -0.3 is 9.47 Å². The number of aryl methyl sites for hydroxylation is 1. The normalized spacial score (nSPS) is 20.9. The van der Waals surface area contributed by atoms with Gasteiger partial charge in [-0.05, 0) is 44.0 Å². The molecule has 2 atom stereocenters. The lowest BCUT2D eigenvalue weighted by Crippen LogP contribution is -2.38. The number of rotatable bonds is 7. The minimum atomic E-state index is -0.585. The van der Waals surface area contributed by atoms with Gasteiger partial charge in [-0.15, -0.1) is 0 Å². The average molecular weight is 434 g/mol. The highest BCUT2D eigenvalue weighted by atomic mass is 16.5. The molecular weight excluding hydrogens is 408 g/mol. The Labute approximate surface area is 186 Å². The SMILES string of the molecule is COc1cc(C(C2C(=O)NN=C2C)C2C(=O)NN=C2C)ccc1OCc1ccc(C)cc1. The second-order valence-corrected chi connectivity index (χ2v) is 8.12. The van der Waals surface area contributed by atoms with Crippen LogP contribution in [-0.2, 0) is 16.2 Å². The largest absolute Gasteiger partial charge is 0.493 e. The first kappa shape index (κ1) is 21.5. The van der Waals surface area contributed by atoms with Crippen molar-refractivity contribution in [2.75, 3.05) is 7.11 Å². The van der Waals surface area contributed by atoms with Crippen LogP contribution in [0.15, 0.2) is 52.7 Å². The summed E-state index contributed by atoms with van der Waals surface area (Å²) in [5.41, 5.74) is 9.32. The van der Waals surface area contributed by atoms with Gasteiger partial charge in [0.25, 0.3) is 0 Å². The molecule has 0 bridgehead atoms. The van der Waals surface area contributed by atoms with E-state index in [4.69, 9.17) is 9.47 Å². The molecule has 8 heteroatoms. The highest BCUT2D eigenvalue weighted by Gasteiger charge is 2.46. The Morgan fingerprint density at radius 3 is 1.97 bits per heavy atom. The second kappa shape index (κ2) is 8.82. The van der Waals surface area contributed by atoms with E-state index in [0.29, 0.717) is 29.5 Å². The predicted molar refractivity (Wildman–Crippen MR) is 121 cm³/mol. The zero-order valence-corrected chi connectivity index (χ0v) is 18.5. The summed E-state index contributed by atoms with van der Waals surface area (Å²) in [6.45, 7) is 6.00. The van der Waals surface area contributed by atoms with Crippen molar-refractivity contribution in [2.24, 2.45) is 22.0 Å². The van der Waals surface area contributed by atoms with Crippen LogP contribution in [0.4, 0.5) is 0 Å². The van der Waals surface area contributed by atoms with E-state index in [1.807, 2.05) is 49.4 Å². The summed E-state index contributed by atoms with van der Waals surface area (Å²) < 4.78 is 11.6. The molecule has 0 saturated carbocycles. The first-order chi connectivity index (χ1) is 15.4. The number of carbonyl (C=O) groups excluding carboxylic acids is 2. The number of nitrogens with one attached hydrogen (secondary N) is 2. The lowest BCUT2D eigenvalue weighted by molar-refractivity contribution is -0.125. The van der Waals surface area contributed by atoms with Crippen molar-refractivity contribution in [1.29, 1.82) is 0 Å². The number of hydrazone groups is 2. The number of methoxy groups -OCH3 is 1. The number of carbonyl (C=O) groups is 2. The maximum Gasteiger partial charge on any atom is 0.249 e. The van der Waals surface area contributed by atoms with Crippen LogP contribution < -0.4 is 20.3 Å². The third-order valence-electron chi connectivity index (χ3n) is 5.96. The quantitative estimate of drug-likeness (QED) is 0.700. The molecule has 2 aliphatic heterocycles. The molecule has 2 amide bonds. The zero-order chi connectivity index (χ0) is 22.8. The van der Waals surface area contributed by atoms with Gasteiger partial charge in [0, 0.05) is 17.3 Å². The molecule has 0 spiro atoms. The van der Waals surface area contributed by atoms with E-state index >= 15 is 0 Å². The van der Waals surface area contributed by atoms with Crippen LogP contribution in [0, 0.1) is 18.8 Å². The Hall–Kier alpha value is -3.68. The minimum absolute atomic E-state index is 0.237. The van der Waals surface area contributed by atoms with Gasteiger partial charge in [-0.2, -0.15) is 10.2 Å². The number of amides is 2. The summed E-state index contributed by atoms with van der Waals surface area (Å²) in [6.07, 6.45) is 0. The van der Waals surface area contributed by atoms with Gasteiger partial charge in [0.05, 0.1) is 18.9 Å². The Morgan fingerprint density at radius 2 is 1.47 bits per heavy atom. The van der Waals surface area contributed by atoms with Crippen LogP contribution in [0.3, 0.4) is 0 Å². The Balaban J connectivity index is 1.66. The molecule has 0 saturated heterocycles. The summed E-state index contributed by atoms with van der Waals surface area (Å²) in [4.78, 5) is 25.2. The van der Waals surface area contributed by atoms with E-state index in [9.17, 15) is 9.59 Å². The van der Waals surface area contributed by atoms with E-state index in [1.165, 1.54) is 5.56 Å². The molecule has 2 aliphatic rings. The van der Waals surface area contributed by atoms with E-state index in [2.05, 4.69) is 21.1 Å². The lowest BCUT2D eigenvalue weighted by atomic mass is 9.73. The van der Waals surface area contributed by atoms with Crippen LogP contribution in [0.25, 0.3) is 0 Å². The number of hydrogen-bond acceptors (Lipinski definition) is 6. The van der Waals surface area contributed by atoms with Gasteiger partial charge in [-0.3, -0.25) is 9.59 Å². The lowest BCUT2D eigenvalue weighted by Gasteiger charge is -2.27. The topological polar surface area (TPSA) is 101 Å².